The van der Waals surface area contributed by atoms with Crippen LogP contribution < -0.4 is 25.4 Å². The number of quaternary nitrogens is 1. The average molecular weight is 402 g/mol. The fraction of sp³-hybridized carbons (Fsp3) is 0.400. The lowest BCUT2D eigenvalue weighted by molar-refractivity contribution is -0.910. The molecule has 1 aromatic heterocycles. The van der Waals surface area contributed by atoms with E-state index in [1.807, 2.05) is 6.07 Å². The van der Waals surface area contributed by atoms with Gasteiger partial charge in [-0.25, -0.2) is 0 Å². The number of amides is 2. The number of primary amides is 1. The summed E-state index contributed by atoms with van der Waals surface area (Å²) >= 11 is 1.31. The van der Waals surface area contributed by atoms with E-state index in [2.05, 4.69) is 17.4 Å². The highest BCUT2D eigenvalue weighted by Crippen LogP contribution is 2.33. The monoisotopic (exact) mass is 402 g/mol. The quantitative estimate of drug-likeness (QED) is 0.704. The Hall–Kier alpha value is -2.58. The van der Waals surface area contributed by atoms with E-state index < -0.39 is 5.91 Å². The summed E-state index contributed by atoms with van der Waals surface area (Å²) in [6.07, 6.45) is 2.96. The third kappa shape index (κ3) is 3.98. The largest absolute Gasteiger partial charge is 0.490 e. The van der Waals surface area contributed by atoms with E-state index >= 15 is 0 Å². The van der Waals surface area contributed by atoms with Gasteiger partial charge in [-0.3, -0.25) is 9.59 Å². The number of carbonyl (C=O) groups is 2. The fourth-order valence-electron chi connectivity index (χ4n) is 3.90. The molecule has 2 amide bonds. The number of benzene rings is 1. The number of fused-ring (bicyclic) bond motifs is 1. The summed E-state index contributed by atoms with van der Waals surface area (Å²) in [5.41, 5.74) is 6.87. The second-order valence-electron chi connectivity index (χ2n) is 7.11. The van der Waals surface area contributed by atoms with Crippen LogP contribution in [0.25, 0.3) is 0 Å². The number of nitrogens with one attached hydrogen (secondary N) is 2. The predicted octanol–water partition coefficient (Wildman–Crippen LogP) is 1.37. The predicted molar refractivity (Wildman–Crippen MR) is 106 cm³/mol. The van der Waals surface area contributed by atoms with Crippen LogP contribution >= 0.6 is 11.3 Å². The van der Waals surface area contributed by atoms with Gasteiger partial charge in [0.25, 0.3) is 11.8 Å². The second kappa shape index (κ2) is 8.20. The highest BCUT2D eigenvalue weighted by molar-refractivity contribution is 7.14. The summed E-state index contributed by atoms with van der Waals surface area (Å²) in [7, 11) is 0. The summed E-state index contributed by atoms with van der Waals surface area (Å²) in [5, 5.41) is 5.11. The number of rotatable bonds is 5. The van der Waals surface area contributed by atoms with Crippen molar-refractivity contribution in [2.24, 2.45) is 5.73 Å². The van der Waals surface area contributed by atoms with E-state index in [0.717, 1.165) is 37.3 Å². The van der Waals surface area contributed by atoms with E-state index in [1.54, 1.807) is 11.4 Å². The first kappa shape index (κ1) is 18.8. The molecule has 8 heteroatoms. The molecular formula is C20H24N3O4S+. The van der Waals surface area contributed by atoms with Gasteiger partial charge in [-0.2, -0.15) is 0 Å². The molecule has 1 fully saturated rings. The van der Waals surface area contributed by atoms with Crippen LogP contribution in [0.4, 0.5) is 5.00 Å². The van der Waals surface area contributed by atoms with Crippen molar-refractivity contribution in [1.82, 2.24) is 0 Å². The number of carbonyl (C=O) groups excluding carboxylic acids is 2. The molecular weight excluding hydrogens is 378 g/mol. The first-order valence-electron chi connectivity index (χ1n) is 9.53. The molecule has 148 valence electrons. The van der Waals surface area contributed by atoms with E-state index in [9.17, 15) is 9.59 Å². The molecule has 2 aromatic rings. The van der Waals surface area contributed by atoms with Crippen LogP contribution in [0.2, 0.25) is 0 Å². The van der Waals surface area contributed by atoms with Gasteiger partial charge in [-0.1, -0.05) is 0 Å². The van der Waals surface area contributed by atoms with Crippen LogP contribution in [0, 0.1) is 0 Å². The number of nitrogens with two attached hydrogens (primary N) is 1. The van der Waals surface area contributed by atoms with E-state index in [4.69, 9.17) is 15.2 Å². The van der Waals surface area contributed by atoms with Gasteiger partial charge in [0.05, 0.1) is 25.3 Å². The first-order valence-corrected chi connectivity index (χ1v) is 10.4. The minimum absolute atomic E-state index is 0.110. The van der Waals surface area contributed by atoms with E-state index in [1.165, 1.54) is 21.8 Å². The molecule has 2 aliphatic heterocycles. The standard InChI is InChI=1S/C20H23N3O4S/c21-19(25)14-6-10-28-20(14)22-18(24)12-23-7-1-3-15(23)13-4-5-16-17(11-13)27-9-2-8-26-16/h4-6,10-11,15H,1-3,7-9,12H2,(H2,21,25)(H,22,24)/p+1/t15-/m0/s1. The summed E-state index contributed by atoms with van der Waals surface area (Å²) in [4.78, 5) is 25.2. The molecule has 1 saturated heterocycles. The lowest BCUT2D eigenvalue weighted by atomic mass is 10.0. The highest BCUT2D eigenvalue weighted by atomic mass is 32.1. The van der Waals surface area contributed by atoms with Gasteiger partial charge >= 0.3 is 0 Å². The Morgan fingerprint density at radius 3 is 2.82 bits per heavy atom. The van der Waals surface area contributed by atoms with Crippen LogP contribution in [0.3, 0.4) is 0 Å². The Kier molecular flexibility index (Phi) is 5.50. The third-order valence-electron chi connectivity index (χ3n) is 5.23. The number of hydrogen-bond donors (Lipinski definition) is 3. The number of thiophene rings is 1. The lowest BCUT2D eigenvalue weighted by Crippen LogP contribution is -3.11. The Bertz CT molecular complexity index is 882. The van der Waals surface area contributed by atoms with Crippen molar-refractivity contribution in [2.75, 3.05) is 31.6 Å². The van der Waals surface area contributed by atoms with Gasteiger partial charge in [0.2, 0.25) is 0 Å². The van der Waals surface area contributed by atoms with Crippen LogP contribution in [-0.2, 0) is 4.79 Å². The van der Waals surface area contributed by atoms with Crippen molar-refractivity contribution in [3.05, 3.63) is 40.8 Å². The van der Waals surface area contributed by atoms with Gasteiger partial charge in [-0.05, 0) is 29.6 Å². The van der Waals surface area contributed by atoms with Crippen LogP contribution in [-0.4, -0.2) is 38.1 Å². The molecule has 7 nitrogen and oxygen atoms in total. The summed E-state index contributed by atoms with van der Waals surface area (Å²) in [5.74, 6) is 0.932. The molecule has 1 unspecified atom stereocenters. The normalized spacial score (nSPS) is 21.1. The fourth-order valence-corrected chi connectivity index (χ4v) is 4.71. The Morgan fingerprint density at radius 2 is 2.00 bits per heavy atom. The third-order valence-corrected chi connectivity index (χ3v) is 6.06. The highest BCUT2D eigenvalue weighted by Gasteiger charge is 2.32. The van der Waals surface area contributed by atoms with Crippen molar-refractivity contribution in [2.45, 2.75) is 25.3 Å². The molecule has 0 radical (unpaired) electrons. The maximum absolute atomic E-state index is 12.6. The number of likely N-dealkylation sites (tertiary alicyclic amines) is 1. The molecule has 0 saturated carbocycles. The van der Waals surface area contributed by atoms with E-state index in [-0.39, 0.29) is 11.9 Å². The van der Waals surface area contributed by atoms with Gasteiger partial charge in [0.1, 0.15) is 11.0 Å². The number of hydrogen-bond acceptors (Lipinski definition) is 5. The first-order chi connectivity index (χ1) is 13.6. The maximum Gasteiger partial charge on any atom is 0.280 e. The molecule has 0 bridgehead atoms. The van der Waals surface area contributed by atoms with E-state index in [0.29, 0.717) is 30.3 Å². The molecule has 0 aliphatic carbocycles. The Balaban J connectivity index is 1.45. The van der Waals surface area contributed by atoms with Crippen molar-refractivity contribution >= 4 is 28.2 Å². The SMILES string of the molecule is NC(=O)c1ccsc1NC(=O)C[NH+]1CCC[C@H]1c1ccc2c(c1)OCCCO2. The Labute approximate surface area is 167 Å². The number of ether oxygens (including phenoxy) is 2. The molecule has 4 rings (SSSR count). The average Bonchev–Trinajstić information content (AvgIpc) is 3.25. The molecule has 28 heavy (non-hydrogen) atoms. The van der Waals surface area contributed by atoms with Crippen LogP contribution in [0.15, 0.2) is 29.6 Å². The summed E-state index contributed by atoms with van der Waals surface area (Å²) < 4.78 is 11.5. The van der Waals surface area contributed by atoms with Crippen molar-refractivity contribution < 1.29 is 24.0 Å². The topological polar surface area (TPSA) is 95.1 Å². The van der Waals surface area contributed by atoms with Crippen molar-refractivity contribution in [3.8, 4) is 11.5 Å². The zero-order valence-electron chi connectivity index (χ0n) is 15.5. The van der Waals surface area contributed by atoms with Crippen LogP contribution in [0.5, 0.6) is 11.5 Å². The molecule has 2 atom stereocenters. The van der Waals surface area contributed by atoms with Crippen molar-refractivity contribution in [1.29, 1.82) is 0 Å². The smallest absolute Gasteiger partial charge is 0.280 e. The molecule has 1 aromatic carbocycles. The number of anilines is 1. The maximum atomic E-state index is 12.6. The van der Waals surface area contributed by atoms with Crippen LogP contribution in [0.1, 0.15) is 41.2 Å². The summed E-state index contributed by atoms with van der Waals surface area (Å²) in [6, 6.07) is 7.97. The van der Waals surface area contributed by atoms with Gasteiger partial charge in [0, 0.05) is 24.8 Å². The molecule has 0 spiro atoms. The zero-order valence-corrected chi connectivity index (χ0v) is 16.3. The van der Waals surface area contributed by atoms with Gasteiger partial charge in [-0.15, -0.1) is 11.3 Å². The summed E-state index contributed by atoms with van der Waals surface area (Å²) in [6.45, 7) is 2.60. The zero-order chi connectivity index (χ0) is 19.5. The molecule has 2 aliphatic rings. The van der Waals surface area contributed by atoms with Crippen molar-refractivity contribution in [3.63, 3.8) is 0 Å². The lowest BCUT2D eigenvalue weighted by Gasteiger charge is -2.22. The molecule has 3 heterocycles. The van der Waals surface area contributed by atoms with Gasteiger partial charge < -0.3 is 25.4 Å². The second-order valence-corrected chi connectivity index (χ2v) is 8.03. The Morgan fingerprint density at radius 1 is 1.18 bits per heavy atom. The molecule has 4 N–H and O–H groups in total. The minimum Gasteiger partial charge on any atom is -0.490 e. The van der Waals surface area contributed by atoms with Gasteiger partial charge in [0.15, 0.2) is 18.0 Å². The minimum atomic E-state index is -0.532.